The largest absolute Gasteiger partial charge is 0.416 e. The molecule has 0 aliphatic heterocycles. The first kappa shape index (κ1) is 14.6. The molecule has 0 radical (unpaired) electrons. The molecule has 3 rings (SSSR count). The first-order valence-corrected chi connectivity index (χ1v) is 7.43. The summed E-state index contributed by atoms with van der Waals surface area (Å²) in [6.45, 7) is 0. The highest BCUT2D eigenvalue weighted by atomic mass is 127. The van der Waals surface area contributed by atoms with E-state index >= 15 is 0 Å². The SMILES string of the molecule is FC(F)(F)c1ccc(-n2c(=S)[nH]c3cc(I)ccc32)cc1. The number of nitrogens with one attached hydrogen (secondary N) is 1. The van der Waals surface area contributed by atoms with Gasteiger partial charge in [0.15, 0.2) is 4.77 Å². The van der Waals surface area contributed by atoms with Gasteiger partial charge in [0.2, 0.25) is 0 Å². The van der Waals surface area contributed by atoms with E-state index in [9.17, 15) is 13.2 Å². The minimum atomic E-state index is -4.34. The van der Waals surface area contributed by atoms with E-state index in [2.05, 4.69) is 27.6 Å². The van der Waals surface area contributed by atoms with E-state index in [1.807, 2.05) is 18.2 Å². The van der Waals surface area contributed by atoms with Gasteiger partial charge in [-0.25, -0.2) is 0 Å². The molecule has 2 nitrogen and oxygen atoms in total. The topological polar surface area (TPSA) is 20.7 Å². The number of fused-ring (bicyclic) bond motifs is 1. The molecular formula is C14H8F3IN2S. The lowest BCUT2D eigenvalue weighted by Gasteiger charge is -2.09. The Kier molecular flexibility index (Phi) is 3.56. The van der Waals surface area contributed by atoms with Crippen LogP contribution in [0.15, 0.2) is 42.5 Å². The third-order valence-electron chi connectivity index (χ3n) is 3.10. The first-order valence-electron chi connectivity index (χ1n) is 5.94. The van der Waals surface area contributed by atoms with Gasteiger partial charge in [-0.05, 0) is 77.3 Å². The summed E-state index contributed by atoms with van der Waals surface area (Å²) in [5.41, 5.74) is 1.61. The summed E-state index contributed by atoms with van der Waals surface area (Å²) in [6, 6.07) is 10.7. The third-order valence-corrected chi connectivity index (χ3v) is 4.05. The lowest BCUT2D eigenvalue weighted by Crippen LogP contribution is -2.05. The number of hydrogen-bond acceptors (Lipinski definition) is 1. The molecule has 0 saturated carbocycles. The molecule has 3 aromatic rings. The number of halogens is 4. The summed E-state index contributed by atoms with van der Waals surface area (Å²) in [6.07, 6.45) is -4.34. The van der Waals surface area contributed by atoms with Crippen LogP contribution in [0.25, 0.3) is 16.7 Å². The van der Waals surface area contributed by atoms with E-state index in [1.54, 1.807) is 4.57 Å². The van der Waals surface area contributed by atoms with Gasteiger partial charge in [0, 0.05) is 9.26 Å². The summed E-state index contributed by atoms with van der Waals surface area (Å²) >= 11 is 7.46. The molecule has 0 saturated heterocycles. The minimum absolute atomic E-state index is 0.451. The molecule has 1 N–H and O–H groups in total. The highest BCUT2D eigenvalue weighted by Gasteiger charge is 2.30. The molecule has 1 heterocycles. The third kappa shape index (κ3) is 2.71. The van der Waals surface area contributed by atoms with Gasteiger partial charge in [0.05, 0.1) is 16.6 Å². The van der Waals surface area contributed by atoms with Crippen LogP contribution in [0.4, 0.5) is 13.2 Å². The second kappa shape index (κ2) is 5.13. The van der Waals surface area contributed by atoms with Crippen LogP contribution in [0.1, 0.15) is 5.56 Å². The number of aromatic nitrogens is 2. The first-order chi connectivity index (χ1) is 9.86. The number of hydrogen-bond donors (Lipinski definition) is 1. The monoisotopic (exact) mass is 420 g/mol. The molecule has 0 unspecified atom stereocenters. The van der Waals surface area contributed by atoms with E-state index in [4.69, 9.17) is 12.2 Å². The van der Waals surface area contributed by atoms with Crippen molar-refractivity contribution in [1.82, 2.24) is 9.55 Å². The van der Waals surface area contributed by atoms with Crippen LogP contribution < -0.4 is 0 Å². The van der Waals surface area contributed by atoms with Gasteiger partial charge in [0.1, 0.15) is 0 Å². The van der Waals surface area contributed by atoms with Crippen molar-refractivity contribution >= 4 is 45.8 Å². The maximum Gasteiger partial charge on any atom is 0.416 e. The van der Waals surface area contributed by atoms with Gasteiger partial charge in [-0.3, -0.25) is 4.57 Å². The van der Waals surface area contributed by atoms with E-state index < -0.39 is 11.7 Å². The predicted octanol–water partition coefficient (Wildman–Crippen LogP) is 5.31. The van der Waals surface area contributed by atoms with Gasteiger partial charge in [-0.15, -0.1) is 0 Å². The van der Waals surface area contributed by atoms with Crippen molar-refractivity contribution in [2.24, 2.45) is 0 Å². The average Bonchev–Trinajstić information content (AvgIpc) is 2.73. The number of alkyl halides is 3. The lowest BCUT2D eigenvalue weighted by atomic mass is 10.2. The fraction of sp³-hybridized carbons (Fsp3) is 0.0714. The predicted molar refractivity (Wildman–Crippen MR) is 86.2 cm³/mol. The van der Waals surface area contributed by atoms with Gasteiger partial charge >= 0.3 is 6.18 Å². The van der Waals surface area contributed by atoms with Gasteiger partial charge in [-0.1, -0.05) is 0 Å². The zero-order valence-corrected chi connectivity index (χ0v) is 13.4. The van der Waals surface area contributed by atoms with Crippen molar-refractivity contribution in [2.45, 2.75) is 6.18 Å². The van der Waals surface area contributed by atoms with Crippen molar-refractivity contribution in [1.29, 1.82) is 0 Å². The van der Waals surface area contributed by atoms with Crippen molar-refractivity contribution in [3.63, 3.8) is 0 Å². The Bertz CT molecular complexity index is 863. The van der Waals surface area contributed by atoms with Crippen LogP contribution in [-0.2, 0) is 6.18 Å². The number of imidazole rings is 1. The lowest BCUT2D eigenvalue weighted by molar-refractivity contribution is -0.137. The molecule has 2 aromatic carbocycles. The normalized spacial score (nSPS) is 12.0. The Balaban J connectivity index is 2.17. The molecule has 21 heavy (non-hydrogen) atoms. The van der Waals surface area contributed by atoms with E-state index in [-0.39, 0.29) is 0 Å². The standard InChI is InChI=1S/C14H8F3IN2S/c15-14(16,17)8-1-4-10(5-2-8)20-12-6-3-9(18)7-11(12)19-13(20)21/h1-7H,(H,19,21). The Hall–Kier alpha value is -1.35. The molecule has 0 aliphatic rings. The van der Waals surface area contributed by atoms with Crippen LogP contribution in [0, 0.1) is 8.34 Å². The highest BCUT2D eigenvalue weighted by molar-refractivity contribution is 14.1. The molecular weight excluding hydrogens is 412 g/mol. The summed E-state index contributed by atoms with van der Waals surface area (Å²) in [5.74, 6) is 0. The molecule has 7 heteroatoms. The van der Waals surface area contributed by atoms with Crippen molar-refractivity contribution in [3.8, 4) is 5.69 Å². The van der Waals surface area contributed by atoms with E-state index in [0.717, 1.165) is 26.7 Å². The molecule has 0 bridgehead atoms. The fourth-order valence-corrected chi connectivity index (χ4v) is 2.94. The molecule has 0 spiro atoms. The Morgan fingerprint density at radius 3 is 2.33 bits per heavy atom. The number of aromatic amines is 1. The highest BCUT2D eigenvalue weighted by Crippen LogP contribution is 2.30. The van der Waals surface area contributed by atoms with Crippen LogP contribution in [-0.4, -0.2) is 9.55 Å². The molecule has 0 fully saturated rings. The van der Waals surface area contributed by atoms with E-state index in [1.165, 1.54) is 12.1 Å². The second-order valence-corrected chi connectivity index (χ2v) is 6.10. The van der Waals surface area contributed by atoms with Crippen LogP contribution >= 0.6 is 34.8 Å². The summed E-state index contributed by atoms with van der Waals surface area (Å²) in [4.78, 5) is 3.06. The van der Waals surface area contributed by atoms with Crippen molar-refractivity contribution < 1.29 is 13.2 Å². The second-order valence-electron chi connectivity index (χ2n) is 4.47. The summed E-state index contributed by atoms with van der Waals surface area (Å²) < 4.78 is 41.0. The Morgan fingerprint density at radius 1 is 1.05 bits per heavy atom. The summed E-state index contributed by atoms with van der Waals surface area (Å²) in [5, 5.41) is 0. The van der Waals surface area contributed by atoms with Crippen molar-refractivity contribution in [2.75, 3.05) is 0 Å². The molecule has 0 amide bonds. The number of rotatable bonds is 1. The molecule has 0 atom stereocenters. The fourth-order valence-electron chi connectivity index (χ4n) is 2.14. The van der Waals surface area contributed by atoms with Crippen LogP contribution in [0.3, 0.4) is 0 Å². The smallest absolute Gasteiger partial charge is 0.330 e. The molecule has 0 aliphatic carbocycles. The maximum absolute atomic E-state index is 12.6. The average molecular weight is 420 g/mol. The molecule has 1 aromatic heterocycles. The maximum atomic E-state index is 12.6. The quantitative estimate of drug-likeness (QED) is 0.418. The Morgan fingerprint density at radius 2 is 1.71 bits per heavy atom. The van der Waals surface area contributed by atoms with Gasteiger partial charge in [0.25, 0.3) is 0 Å². The zero-order valence-electron chi connectivity index (χ0n) is 10.4. The van der Waals surface area contributed by atoms with E-state index in [0.29, 0.717) is 10.5 Å². The van der Waals surface area contributed by atoms with Crippen LogP contribution in [0.5, 0.6) is 0 Å². The van der Waals surface area contributed by atoms with Gasteiger partial charge in [-0.2, -0.15) is 13.2 Å². The zero-order chi connectivity index (χ0) is 15.2. The number of nitrogens with zero attached hydrogens (tertiary/aromatic N) is 1. The summed E-state index contributed by atoms with van der Waals surface area (Å²) in [7, 11) is 0. The minimum Gasteiger partial charge on any atom is -0.330 e. The number of H-pyrrole nitrogens is 1. The van der Waals surface area contributed by atoms with Crippen LogP contribution in [0.2, 0.25) is 0 Å². The van der Waals surface area contributed by atoms with Crippen molar-refractivity contribution in [3.05, 3.63) is 56.4 Å². The Labute approximate surface area is 136 Å². The number of benzene rings is 2. The van der Waals surface area contributed by atoms with Gasteiger partial charge < -0.3 is 4.98 Å². The molecule has 108 valence electrons.